The fourth-order valence-electron chi connectivity index (χ4n) is 1.79. The van der Waals surface area contributed by atoms with Crippen LogP contribution in [0.2, 0.25) is 0 Å². The highest BCUT2D eigenvalue weighted by Crippen LogP contribution is 2.32. The Morgan fingerprint density at radius 2 is 2.14 bits per heavy atom. The van der Waals surface area contributed by atoms with Gasteiger partial charge in [0.25, 0.3) is 5.91 Å². The van der Waals surface area contributed by atoms with Crippen molar-refractivity contribution in [3.05, 3.63) is 35.9 Å². The fourth-order valence-corrected chi connectivity index (χ4v) is 1.79. The van der Waals surface area contributed by atoms with Gasteiger partial charge in [-0.05, 0) is 31.5 Å². The molecule has 1 aromatic rings. The first-order chi connectivity index (χ1) is 10.1. The van der Waals surface area contributed by atoms with Gasteiger partial charge in [-0.15, -0.1) is 0 Å². The fraction of sp³-hybridized carbons (Fsp3) is 0.333. The summed E-state index contributed by atoms with van der Waals surface area (Å²) in [7, 11) is 0. The molecule has 0 fully saturated rings. The molecule has 1 N–H and O–H groups in total. The number of esters is 1. The van der Waals surface area contributed by atoms with Gasteiger partial charge in [0.2, 0.25) is 6.79 Å². The molecular formula is C15H17NO5. The molecule has 1 aromatic carbocycles. The molecular weight excluding hydrogens is 274 g/mol. The van der Waals surface area contributed by atoms with Crippen LogP contribution in [0.15, 0.2) is 30.4 Å². The van der Waals surface area contributed by atoms with Crippen LogP contribution in [0, 0.1) is 0 Å². The molecule has 0 bridgehead atoms. The molecule has 1 heterocycles. The minimum atomic E-state index is -0.845. The van der Waals surface area contributed by atoms with Crippen LogP contribution in [0.25, 0.3) is 0 Å². The van der Waals surface area contributed by atoms with Gasteiger partial charge in [-0.1, -0.05) is 12.1 Å². The lowest BCUT2D eigenvalue weighted by Crippen LogP contribution is -2.35. The predicted octanol–water partition coefficient (Wildman–Crippen LogP) is 1.54. The smallest absolute Gasteiger partial charge is 0.331 e. The van der Waals surface area contributed by atoms with Crippen molar-refractivity contribution in [3.8, 4) is 11.5 Å². The molecule has 0 aromatic heterocycles. The van der Waals surface area contributed by atoms with Crippen molar-refractivity contribution >= 4 is 11.9 Å². The number of fused-ring (bicyclic) bond motifs is 1. The Labute approximate surface area is 122 Å². The summed E-state index contributed by atoms with van der Waals surface area (Å²) in [5, 5.41) is 2.70. The summed E-state index contributed by atoms with van der Waals surface area (Å²) in [6.07, 6.45) is 1.98. The topological polar surface area (TPSA) is 73.9 Å². The Balaban J connectivity index is 1.84. The second-order valence-corrected chi connectivity index (χ2v) is 4.48. The average Bonchev–Trinajstić information content (AvgIpc) is 2.92. The van der Waals surface area contributed by atoms with Gasteiger partial charge >= 0.3 is 5.97 Å². The molecule has 21 heavy (non-hydrogen) atoms. The summed E-state index contributed by atoms with van der Waals surface area (Å²) < 4.78 is 15.4. The van der Waals surface area contributed by atoms with Crippen molar-refractivity contribution < 1.29 is 23.8 Å². The highest BCUT2D eigenvalue weighted by atomic mass is 16.7. The maximum absolute atomic E-state index is 11.8. The molecule has 0 radical (unpaired) electrons. The lowest BCUT2D eigenvalue weighted by atomic mass is 10.2. The molecule has 0 unspecified atom stereocenters. The van der Waals surface area contributed by atoms with Gasteiger partial charge in [0.15, 0.2) is 17.6 Å². The third-order valence-electron chi connectivity index (χ3n) is 2.87. The molecule has 0 saturated heterocycles. The van der Waals surface area contributed by atoms with E-state index in [0.717, 1.165) is 5.56 Å². The summed E-state index contributed by atoms with van der Waals surface area (Å²) in [6, 6.07) is 5.43. The van der Waals surface area contributed by atoms with E-state index in [4.69, 9.17) is 14.2 Å². The highest BCUT2D eigenvalue weighted by Gasteiger charge is 2.17. The number of carbonyl (C=O) groups is 2. The molecule has 1 amide bonds. The SMILES string of the molecule is C/C=C/C(=O)O[C@H](C)C(=O)NCc1ccc2c(c1)OCO2. The predicted molar refractivity (Wildman–Crippen MR) is 74.8 cm³/mol. The largest absolute Gasteiger partial charge is 0.454 e. The Morgan fingerprint density at radius 1 is 1.38 bits per heavy atom. The van der Waals surface area contributed by atoms with E-state index < -0.39 is 12.1 Å². The Kier molecular flexibility index (Phi) is 4.81. The summed E-state index contributed by atoms with van der Waals surface area (Å²) in [5.41, 5.74) is 0.875. The first-order valence-corrected chi connectivity index (χ1v) is 6.59. The van der Waals surface area contributed by atoms with Crippen LogP contribution >= 0.6 is 0 Å². The average molecular weight is 291 g/mol. The van der Waals surface area contributed by atoms with Gasteiger partial charge in [-0.3, -0.25) is 4.79 Å². The van der Waals surface area contributed by atoms with E-state index in [1.54, 1.807) is 25.1 Å². The van der Waals surface area contributed by atoms with Crippen LogP contribution in [0.3, 0.4) is 0 Å². The van der Waals surface area contributed by atoms with Gasteiger partial charge in [0, 0.05) is 12.6 Å². The number of carbonyl (C=O) groups excluding carboxylic acids is 2. The molecule has 112 valence electrons. The van der Waals surface area contributed by atoms with Gasteiger partial charge in [-0.2, -0.15) is 0 Å². The van der Waals surface area contributed by atoms with Crippen LogP contribution in [0.5, 0.6) is 11.5 Å². The van der Waals surface area contributed by atoms with E-state index in [2.05, 4.69) is 5.32 Å². The lowest BCUT2D eigenvalue weighted by molar-refractivity contribution is -0.150. The van der Waals surface area contributed by atoms with Crippen molar-refractivity contribution in [1.29, 1.82) is 0 Å². The first kappa shape index (κ1) is 14.9. The molecule has 6 nitrogen and oxygen atoms in total. The van der Waals surface area contributed by atoms with Gasteiger partial charge in [0.05, 0.1) is 0 Å². The van der Waals surface area contributed by atoms with Crippen LogP contribution in [0.1, 0.15) is 19.4 Å². The number of allylic oxidation sites excluding steroid dienone is 1. The number of ether oxygens (including phenoxy) is 3. The van der Waals surface area contributed by atoms with Crippen molar-refractivity contribution in [3.63, 3.8) is 0 Å². The van der Waals surface area contributed by atoms with Crippen molar-refractivity contribution in [2.45, 2.75) is 26.5 Å². The molecule has 1 atom stereocenters. The minimum Gasteiger partial charge on any atom is -0.454 e. The molecule has 6 heteroatoms. The standard InChI is InChI=1S/C15H17NO5/c1-3-4-14(17)21-10(2)15(18)16-8-11-5-6-12-13(7-11)20-9-19-12/h3-7,10H,8-9H2,1-2H3,(H,16,18)/b4-3+/t10-/m1/s1. The highest BCUT2D eigenvalue weighted by molar-refractivity contribution is 5.87. The van der Waals surface area contributed by atoms with Crippen molar-refractivity contribution in [2.75, 3.05) is 6.79 Å². The van der Waals surface area contributed by atoms with E-state index in [9.17, 15) is 9.59 Å². The van der Waals surface area contributed by atoms with E-state index in [0.29, 0.717) is 18.0 Å². The van der Waals surface area contributed by atoms with Gasteiger partial charge < -0.3 is 19.5 Å². The number of rotatable bonds is 5. The molecule has 1 aliphatic heterocycles. The molecule has 1 aliphatic rings. The summed E-state index contributed by atoms with van der Waals surface area (Å²) in [5.74, 6) is 0.460. The van der Waals surface area contributed by atoms with E-state index in [1.165, 1.54) is 13.0 Å². The van der Waals surface area contributed by atoms with E-state index in [1.807, 2.05) is 6.07 Å². The first-order valence-electron chi connectivity index (χ1n) is 6.59. The zero-order valence-corrected chi connectivity index (χ0v) is 11.9. The lowest BCUT2D eigenvalue weighted by Gasteiger charge is -2.12. The second-order valence-electron chi connectivity index (χ2n) is 4.48. The minimum absolute atomic E-state index is 0.211. The van der Waals surface area contributed by atoms with Gasteiger partial charge in [-0.25, -0.2) is 4.79 Å². The van der Waals surface area contributed by atoms with E-state index in [-0.39, 0.29) is 12.7 Å². The Hall–Kier alpha value is -2.50. The summed E-state index contributed by atoms with van der Waals surface area (Å²) in [6.45, 7) is 3.76. The molecule has 0 saturated carbocycles. The number of nitrogens with one attached hydrogen (secondary N) is 1. The van der Waals surface area contributed by atoms with Crippen LogP contribution in [0.4, 0.5) is 0 Å². The zero-order chi connectivity index (χ0) is 15.2. The van der Waals surface area contributed by atoms with Crippen molar-refractivity contribution in [2.24, 2.45) is 0 Å². The van der Waals surface area contributed by atoms with Crippen LogP contribution in [-0.2, 0) is 20.9 Å². The monoisotopic (exact) mass is 291 g/mol. The maximum Gasteiger partial charge on any atom is 0.331 e. The summed E-state index contributed by atoms with van der Waals surface area (Å²) >= 11 is 0. The van der Waals surface area contributed by atoms with Crippen LogP contribution < -0.4 is 14.8 Å². The molecule has 0 spiro atoms. The zero-order valence-electron chi connectivity index (χ0n) is 11.9. The Bertz CT molecular complexity index is 567. The third kappa shape index (κ3) is 3.98. The van der Waals surface area contributed by atoms with Gasteiger partial charge in [0.1, 0.15) is 0 Å². The maximum atomic E-state index is 11.8. The summed E-state index contributed by atoms with van der Waals surface area (Å²) in [4.78, 5) is 23.1. The number of benzene rings is 1. The Morgan fingerprint density at radius 3 is 2.90 bits per heavy atom. The normalized spacial score (nSPS) is 14.0. The van der Waals surface area contributed by atoms with E-state index >= 15 is 0 Å². The number of hydrogen-bond donors (Lipinski definition) is 1. The van der Waals surface area contributed by atoms with Crippen molar-refractivity contribution in [1.82, 2.24) is 5.32 Å². The second kappa shape index (κ2) is 6.78. The third-order valence-corrected chi connectivity index (χ3v) is 2.87. The van der Waals surface area contributed by atoms with Crippen LogP contribution in [-0.4, -0.2) is 24.8 Å². The quantitative estimate of drug-likeness (QED) is 0.658. The molecule has 2 rings (SSSR count). The molecule has 0 aliphatic carbocycles. The number of amides is 1. The number of hydrogen-bond acceptors (Lipinski definition) is 5.